The highest BCUT2D eigenvalue weighted by atomic mass is 28.1. The summed E-state index contributed by atoms with van der Waals surface area (Å²) >= 11 is 0. The number of hydrogen-bond acceptors (Lipinski definition) is 4. The first-order valence-electron chi connectivity index (χ1n) is 6.65. The van der Waals surface area contributed by atoms with Gasteiger partial charge in [0.25, 0.3) is 0 Å². The van der Waals surface area contributed by atoms with Crippen molar-refractivity contribution in [1.82, 2.24) is 10.2 Å². The van der Waals surface area contributed by atoms with E-state index in [9.17, 15) is 0 Å². The maximum absolute atomic E-state index is 5.37. The van der Waals surface area contributed by atoms with Crippen molar-refractivity contribution < 1.29 is 9.47 Å². The van der Waals surface area contributed by atoms with E-state index in [-0.39, 0.29) is 5.41 Å². The Morgan fingerprint density at radius 2 is 1.71 bits per heavy atom. The van der Waals surface area contributed by atoms with Crippen molar-refractivity contribution in [3.8, 4) is 0 Å². The third-order valence-electron chi connectivity index (χ3n) is 3.35. The smallest absolute Gasteiger partial charge is 0.140 e. The molecule has 0 bridgehead atoms. The van der Waals surface area contributed by atoms with E-state index in [1.807, 2.05) is 0 Å². The molecule has 0 saturated carbocycles. The van der Waals surface area contributed by atoms with E-state index in [4.69, 9.17) is 9.47 Å². The van der Waals surface area contributed by atoms with Gasteiger partial charge in [-0.05, 0) is 32.5 Å². The highest BCUT2D eigenvalue weighted by molar-refractivity contribution is 6.13. The van der Waals surface area contributed by atoms with Crippen LogP contribution in [0.4, 0.5) is 0 Å². The summed E-state index contributed by atoms with van der Waals surface area (Å²) in [6.07, 6.45) is 2.08. The Balaban J connectivity index is 3.46. The maximum Gasteiger partial charge on any atom is 0.140 e. The van der Waals surface area contributed by atoms with Crippen LogP contribution in [0.3, 0.4) is 0 Å². The number of hydrogen-bond donors (Lipinski definition) is 1. The van der Waals surface area contributed by atoms with Crippen LogP contribution in [-0.2, 0) is 9.47 Å². The van der Waals surface area contributed by atoms with Gasteiger partial charge in [-0.15, -0.1) is 0 Å². The third-order valence-corrected chi connectivity index (χ3v) is 4.66. The van der Waals surface area contributed by atoms with Gasteiger partial charge < -0.3 is 19.7 Å². The van der Waals surface area contributed by atoms with Gasteiger partial charge in [0.05, 0.1) is 10.2 Å². The molecule has 0 aliphatic heterocycles. The molecule has 0 heterocycles. The Hall–Kier alpha value is 0.0569. The Morgan fingerprint density at radius 3 is 2.18 bits per heavy atom. The predicted octanol–water partition coefficient (Wildman–Crippen LogP) is 0.0100. The van der Waals surface area contributed by atoms with E-state index in [0.717, 1.165) is 55.8 Å². The lowest BCUT2D eigenvalue weighted by molar-refractivity contribution is -0.146. The topological polar surface area (TPSA) is 33.7 Å². The lowest BCUT2D eigenvalue weighted by Crippen LogP contribution is -2.36. The Bertz CT molecular complexity index is 174. The first kappa shape index (κ1) is 17.1. The molecule has 0 fully saturated rings. The van der Waals surface area contributed by atoms with Crippen molar-refractivity contribution in [3.05, 3.63) is 0 Å². The molecular formula is C12H30N2O2Si. The SMILES string of the molecule is CCN(CC)CCNCCCC([SiH3])(OC)OC. The summed E-state index contributed by atoms with van der Waals surface area (Å²) in [6.45, 7) is 9.92. The summed E-state index contributed by atoms with van der Waals surface area (Å²) in [6, 6.07) is 0. The molecule has 0 radical (unpaired) electrons. The van der Waals surface area contributed by atoms with Gasteiger partial charge in [-0.3, -0.25) is 0 Å². The monoisotopic (exact) mass is 262 g/mol. The summed E-state index contributed by atoms with van der Waals surface area (Å²) in [5, 5.41) is 3.47. The van der Waals surface area contributed by atoms with Crippen LogP contribution in [0.5, 0.6) is 0 Å². The van der Waals surface area contributed by atoms with Crippen molar-refractivity contribution in [2.24, 2.45) is 0 Å². The van der Waals surface area contributed by atoms with E-state index in [0.29, 0.717) is 0 Å². The minimum absolute atomic E-state index is 0.291. The van der Waals surface area contributed by atoms with Gasteiger partial charge in [0.2, 0.25) is 0 Å². The quantitative estimate of drug-likeness (QED) is 0.323. The molecule has 0 aromatic carbocycles. The molecule has 0 amide bonds. The van der Waals surface area contributed by atoms with E-state index < -0.39 is 0 Å². The molecule has 5 heteroatoms. The van der Waals surface area contributed by atoms with Crippen molar-refractivity contribution in [3.63, 3.8) is 0 Å². The Morgan fingerprint density at radius 1 is 1.12 bits per heavy atom. The van der Waals surface area contributed by atoms with E-state index >= 15 is 0 Å². The third kappa shape index (κ3) is 7.89. The van der Waals surface area contributed by atoms with Gasteiger partial charge in [0, 0.05) is 27.3 Å². The van der Waals surface area contributed by atoms with Crippen LogP contribution in [0, 0.1) is 0 Å². The molecule has 0 atom stereocenters. The van der Waals surface area contributed by atoms with Gasteiger partial charge in [0.1, 0.15) is 5.41 Å². The normalized spacial score (nSPS) is 12.5. The molecule has 4 nitrogen and oxygen atoms in total. The molecule has 1 N–H and O–H groups in total. The van der Waals surface area contributed by atoms with E-state index in [1.54, 1.807) is 14.2 Å². The number of likely N-dealkylation sites (N-methyl/N-ethyl adjacent to an activating group) is 1. The van der Waals surface area contributed by atoms with Crippen LogP contribution in [0.25, 0.3) is 0 Å². The fourth-order valence-electron chi connectivity index (χ4n) is 1.72. The fourth-order valence-corrected chi connectivity index (χ4v) is 2.08. The number of nitrogens with one attached hydrogen (secondary N) is 1. The summed E-state index contributed by atoms with van der Waals surface area (Å²) < 4.78 is 10.7. The highest BCUT2D eigenvalue weighted by Gasteiger charge is 2.20. The van der Waals surface area contributed by atoms with Crippen molar-refractivity contribution in [1.29, 1.82) is 0 Å². The largest absolute Gasteiger partial charge is 0.358 e. The van der Waals surface area contributed by atoms with Crippen molar-refractivity contribution in [2.45, 2.75) is 32.1 Å². The molecule has 0 aliphatic carbocycles. The number of methoxy groups -OCH3 is 2. The van der Waals surface area contributed by atoms with Gasteiger partial charge in [-0.1, -0.05) is 13.8 Å². The number of nitrogens with zero attached hydrogens (tertiary/aromatic N) is 1. The molecule has 104 valence electrons. The minimum atomic E-state index is -0.291. The second kappa shape index (κ2) is 10.0. The average molecular weight is 262 g/mol. The van der Waals surface area contributed by atoms with E-state index in [1.165, 1.54) is 0 Å². The molecule has 0 aliphatic rings. The first-order chi connectivity index (χ1) is 8.11. The zero-order chi connectivity index (χ0) is 13.1. The van der Waals surface area contributed by atoms with Crippen LogP contribution >= 0.6 is 0 Å². The molecule has 0 unspecified atom stereocenters. The van der Waals surface area contributed by atoms with Crippen LogP contribution in [0.2, 0.25) is 0 Å². The molecule has 0 spiro atoms. The average Bonchev–Trinajstić information content (AvgIpc) is 2.37. The molecule has 0 aromatic rings. The molecular weight excluding hydrogens is 232 g/mol. The van der Waals surface area contributed by atoms with Gasteiger partial charge >= 0.3 is 0 Å². The first-order valence-corrected chi connectivity index (χ1v) is 7.65. The van der Waals surface area contributed by atoms with Crippen LogP contribution in [-0.4, -0.2) is 67.5 Å². The van der Waals surface area contributed by atoms with Gasteiger partial charge in [-0.25, -0.2) is 0 Å². The van der Waals surface area contributed by atoms with Crippen molar-refractivity contribution >= 4 is 10.2 Å². The van der Waals surface area contributed by atoms with Crippen molar-refractivity contribution in [2.75, 3.05) is 46.9 Å². The zero-order valence-corrected chi connectivity index (χ0v) is 14.2. The Labute approximate surface area is 109 Å². The van der Waals surface area contributed by atoms with Crippen LogP contribution < -0.4 is 5.32 Å². The summed E-state index contributed by atoms with van der Waals surface area (Å²) in [7, 11) is 4.36. The summed E-state index contributed by atoms with van der Waals surface area (Å²) in [5.74, 6) is 0. The van der Waals surface area contributed by atoms with Crippen LogP contribution in [0.15, 0.2) is 0 Å². The summed E-state index contributed by atoms with van der Waals surface area (Å²) in [5.41, 5.74) is -0.291. The maximum atomic E-state index is 5.37. The molecule has 0 saturated heterocycles. The molecule has 0 rings (SSSR count). The summed E-state index contributed by atoms with van der Waals surface area (Å²) in [4.78, 5) is 2.42. The second-order valence-electron chi connectivity index (χ2n) is 4.42. The highest BCUT2D eigenvalue weighted by Crippen LogP contribution is 2.12. The lowest BCUT2D eigenvalue weighted by Gasteiger charge is -2.26. The second-order valence-corrected chi connectivity index (χ2v) is 5.95. The van der Waals surface area contributed by atoms with E-state index in [2.05, 4.69) is 24.1 Å². The number of ether oxygens (including phenoxy) is 2. The number of rotatable bonds is 11. The molecule has 17 heavy (non-hydrogen) atoms. The van der Waals surface area contributed by atoms with Gasteiger partial charge in [-0.2, -0.15) is 0 Å². The van der Waals surface area contributed by atoms with Gasteiger partial charge in [0.15, 0.2) is 0 Å². The van der Waals surface area contributed by atoms with Crippen LogP contribution in [0.1, 0.15) is 26.7 Å². The zero-order valence-electron chi connectivity index (χ0n) is 12.2. The predicted molar refractivity (Wildman–Crippen MR) is 76.6 cm³/mol. The molecule has 0 aromatic heterocycles. The minimum Gasteiger partial charge on any atom is -0.358 e. The standard InChI is InChI=1S/C12H30N2O2Si/c1-5-14(6-2)11-10-13-9-7-8-12(17,15-3)16-4/h13H,5-11H2,1-4,17H3. The lowest BCUT2D eigenvalue weighted by atomic mass is 10.3. The fraction of sp³-hybridized carbons (Fsp3) is 1.00. The Kier molecular flexibility index (Phi) is 10.1.